The van der Waals surface area contributed by atoms with E-state index in [1.54, 1.807) is 30.5 Å². The first-order valence-electron chi connectivity index (χ1n) is 7.45. The topological polar surface area (TPSA) is 88.2 Å². The molecule has 2 rings (SSSR count). The van der Waals surface area contributed by atoms with E-state index in [9.17, 15) is 13.2 Å². The fourth-order valence-electron chi connectivity index (χ4n) is 2.04. The Morgan fingerprint density at radius 1 is 1.04 bits per heavy atom. The minimum absolute atomic E-state index is 0.116. The molecule has 0 bridgehead atoms. The predicted octanol–water partition coefficient (Wildman–Crippen LogP) is 3.14. The molecule has 6 nitrogen and oxygen atoms in total. The van der Waals surface area contributed by atoms with E-state index in [0.717, 1.165) is 5.69 Å². The van der Waals surface area contributed by atoms with Gasteiger partial charge < -0.3 is 5.32 Å². The van der Waals surface area contributed by atoms with Gasteiger partial charge in [0.05, 0.1) is 10.6 Å². The molecule has 0 fully saturated rings. The molecule has 0 aliphatic rings. The minimum Gasteiger partial charge on any atom is -0.326 e. The summed E-state index contributed by atoms with van der Waals surface area (Å²) in [5, 5.41) is 2.59. The Bertz CT molecular complexity index is 838. The lowest BCUT2D eigenvalue weighted by atomic mass is 9.91. The van der Waals surface area contributed by atoms with Crippen LogP contribution < -0.4 is 10.0 Å². The third-order valence-electron chi connectivity index (χ3n) is 3.27. The zero-order chi connectivity index (χ0) is 18.0. The van der Waals surface area contributed by atoms with Crippen molar-refractivity contribution in [3.05, 3.63) is 48.3 Å². The van der Waals surface area contributed by atoms with Crippen molar-refractivity contribution in [3.8, 4) is 0 Å². The molecule has 24 heavy (non-hydrogen) atoms. The van der Waals surface area contributed by atoms with Gasteiger partial charge in [0.15, 0.2) is 0 Å². The van der Waals surface area contributed by atoms with Crippen LogP contribution in [0.15, 0.2) is 47.5 Å². The molecule has 0 radical (unpaired) electrons. The molecule has 0 saturated heterocycles. The first kappa shape index (κ1) is 17.9. The summed E-state index contributed by atoms with van der Waals surface area (Å²) in [7, 11) is -3.71. The van der Waals surface area contributed by atoms with Gasteiger partial charge in [0.25, 0.3) is 10.0 Å². The van der Waals surface area contributed by atoms with Crippen molar-refractivity contribution in [1.82, 2.24) is 4.98 Å². The standard InChI is InChI=1S/C17H21N3O3S/c1-12(21)19-13-5-7-15(8-6-13)24(22,23)20-14-9-10-18-16(11-14)17(2,3)4/h5-11H,1-4H3,(H,18,20)(H,19,21). The van der Waals surface area contributed by atoms with Crippen LogP contribution in [0.5, 0.6) is 0 Å². The van der Waals surface area contributed by atoms with Gasteiger partial charge in [-0.25, -0.2) is 8.42 Å². The highest BCUT2D eigenvalue weighted by Crippen LogP contribution is 2.24. The number of hydrogen-bond acceptors (Lipinski definition) is 4. The highest BCUT2D eigenvalue weighted by Gasteiger charge is 2.18. The number of hydrogen-bond donors (Lipinski definition) is 2. The smallest absolute Gasteiger partial charge is 0.261 e. The van der Waals surface area contributed by atoms with E-state index in [-0.39, 0.29) is 16.2 Å². The van der Waals surface area contributed by atoms with Crippen LogP contribution in [-0.4, -0.2) is 19.3 Å². The predicted molar refractivity (Wildman–Crippen MR) is 94.5 cm³/mol. The monoisotopic (exact) mass is 347 g/mol. The van der Waals surface area contributed by atoms with Crippen LogP contribution in [0, 0.1) is 0 Å². The Morgan fingerprint density at radius 2 is 1.67 bits per heavy atom. The molecule has 0 atom stereocenters. The molecule has 2 N–H and O–H groups in total. The van der Waals surface area contributed by atoms with Crippen molar-refractivity contribution < 1.29 is 13.2 Å². The molecule has 0 spiro atoms. The number of pyridine rings is 1. The Hall–Kier alpha value is -2.41. The third kappa shape index (κ3) is 4.55. The highest BCUT2D eigenvalue weighted by atomic mass is 32.2. The van der Waals surface area contributed by atoms with Crippen molar-refractivity contribution >= 4 is 27.3 Å². The summed E-state index contributed by atoms with van der Waals surface area (Å²) >= 11 is 0. The molecule has 1 amide bonds. The van der Waals surface area contributed by atoms with Gasteiger partial charge in [-0.15, -0.1) is 0 Å². The summed E-state index contributed by atoms with van der Waals surface area (Å²) in [5.41, 5.74) is 1.62. The summed E-state index contributed by atoms with van der Waals surface area (Å²) < 4.78 is 27.5. The van der Waals surface area contributed by atoms with Crippen molar-refractivity contribution in [3.63, 3.8) is 0 Å². The second kappa shape index (κ2) is 6.60. The molecule has 1 aromatic heterocycles. The van der Waals surface area contributed by atoms with Crippen LogP contribution in [0.4, 0.5) is 11.4 Å². The van der Waals surface area contributed by atoms with E-state index in [0.29, 0.717) is 11.4 Å². The summed E-state index contributed by atoms with van der Waals surface area (Å²) in [6, 6.07) is 9.31. The van der Waals surface area contributed by atoms with E-state index >= 15 is 0 Å². The Labute approximate surface area is 142 Å². The zero-order valence-corrected chi connectivity index (χ0v) is 14.9. The highest BCUT2D eigenvalue weighted by molar-refractivity contribution is 7.92. The Kier molecular flexibility index (Phi) is 4.94. The van der Waals surface area contributed by atoms with Gasteiger partial charge in [-0.05, 0) is 36.4 Å². The zero-order valence-electron chi connectivity index (χ0n) is 14.1. The van der Waals surface area contributed by atoms with Gasteiger partial charge in [0, 0.05) is 29.9 Å². The normalized spacial score (nSPS) is 11.8. The number of rotatable bonds is 4. The lowest BCUT2D eigenvalue weighted by Gasteiger charge is -2.18. The molecule has 0 saturated carbocycles. The molecular weight excluding hydrogens is 326 g/mol. The first-order valence-corrected chi connectivity index (χ1v) is 8.93. The number of nitrogens with one attached hydrogen (secondary N) is 2. The second-order valence-corrected chi connectivity index (χ2v) is 8.17. The van der Waals surface area contributed by atoms with Gasteiger partial charge in [-0.3, -0.25) is 14.5 Å². The summed E-state index contributed by atoms with van der Waals surface area (Å²) in [5.74, 6) is -0.213. The van der Waals surface area contributed by atoms with E-state index in [1.807, 2.05) is 20.8 Å². The summed E-state index contributed by atoms with van der Waals surface area (Å²) in [6.07, 6.45) is 1.58. The van der Waals surface area contributed by atoms with Crippen molar-refractivity contribution in [2.75, 3.05) is 10.0 Å². The quantitative estimate of drug-likeness (QED) is 0.889. The Balaban J connectivity index is 2.24. The molecule has 0 aliphatic carbocycles. The number of benzene rings is 1. The average Bonchev–Trinajstić information content (AvgIpc) is 2.46. The molecule has 1 heterocycles. The number of anilines is 2. The molecule has 2 aromatic rings. The number of aromatic nitrogens is 1. The molecule has 128 valence electrons. The lowest BCUT2D eigenvalue weighted by molar-refractivity contribution is -0.114. The number of sulfonamides is 1. The molecular formula is C17H21N3O3S. The van der Waals surface area contributed by atoms with Gasteiger partial charge in [-0.1, -0.05) is 20.8 Å². The maximum absolute atomic E-state index is 12.5. The third-order valence-corrected chi connectivity index (χ3v) is 4.66. The van der Waals surface area contributed by atoms with Crippen LogP contribution in [0.25, 0.3) is 0 Å². The number of nitrogens with zero attached hydrogens (tertiary/aromatic N) is 1. The van der Waals surface area contributed by atoms with Crippen molar-refractivity contribution in [2.24, 2.45) is 0 Å². The van der Waals surface area contributed by atoms with E-state index in [2.05, 4.69) is 15.0 Å². The Morgan fingerprint density at radius 3 is 2.21 bits per heavy atom. The van der Waals surface area contributed by atoms with Crippen LogP contribution in [0.2, 0.25) is 0 Å². The van der Waals surface area contributed by atoms with Crippen LogP contribution in [0.3, 0.4) is 0 Å². The number of carbonyl (C=O) groups excluding carboxylic acids is 1. The molecule has 7 heteroatoms. The van der Waals surface area contributed by atoms with Crippen molar-refractivity contribution in [1.29, 1.82) is 0 Å². The van der Waals surface area contributed by atoms with Gasteiger partial charge in [0.2, 0.25) is 5.91 Å². The van der Waals surface area contributed by atoms with Gasteiger partial charge >= 0.3 is 0 Å². The average molecular weight is 347 g/mol. The first-order chi connectivity index (χ1) is 11.1. The molecule has 1 aromatic carbocycles. The fraction of sp³-hybridized carbons (Fsp3) is 0.294. The SMILES string of the molecule is CC(=O)Nc1ccc(S(=O)(=O)Nc2ccnc(C(C)(C)C)c2)cc1. The van der Waals surface area contributed by atoms with Crippen LogP contribution in [0.1, 0.15) is 33.4 Å². The fourth-order valence-corrected chi connectivity index (χ4v) is 3.09. The van der Waals surface area contributed by atoms with E-state index in [4.69, 9.17) is 0 Å². The second-order valence-electron chi connectivity index (χ2n) is 6.49. The number of amides is 1. The van der Waals surface area contributed by atoms with E-state index < -0.39 is 10.0 Å². The minimum atomic E-state index is -3.71. The van der Waals surface area contributed by atoms with E-state index in [1.165, 1.54) is 19.1 Å². The lowest BCUT2D eigenvalue weighted by Crippen LogP contribution is -2.16. The summed E-state index contributed by atoms with van der Waals surface area (Å²) in [6.45, 7) is 7.42. The maximum Gasteiger partial charge on any atom is 0.261 e. The summed E-state index contributed by atoms with van der Waals surface area (Å²) in [4.78, 5) is 15.4. The van der Waals surface area contributed by atoms with Crippen LogP contribution in [-0.2, 0) is 20.2 Å². The van der Waals surface area contributed by atoms with Gasteiger partial charge in [-0.2, -0.15) is 0 Å². The van der Waals surface area contributed by atoms with Crippen LogP contribution >= 0.6 is 0 Å². The maximum atomic E-state index is 12.5. The number of carbonyl (C=O) groups is 1. The van der Waals surface area contributed by atoms with Crippen molar-refractivity contribution in [2.45, 2.75) is 38.0 Å². The molecule has 0 aliphatic heterocycles. The molecule has 0 unspecified atom stereocenters. The largest absolute Gasteiger partial charge is 0.326 e. The van der Waals surface area contributed by atoms with Gasteiger partial charge in [0.1, 0.15) is 0 Å².